The lowest BCUT2D eigenvalue weighted by atomic mass is 10.0. The lowest BCUT2D eigenvalue weighted by Gasteiger charge is -2.22. The molecule has 112 valence electrons. The molecule has 1 aromatic rings. The zero-order valence-electron chi connectivity index (χ0n) is 12.1. The van der Waals surface area contributed by atoms with Crippen LogP contribution in [0.15, 0.2) is 0 Å². The van der Waals surface area contributed by atoms with E-state index in [4.69, 9.17) is 0 Å². The first kappa shape index (κ1) is 14.8. The summed E-state index contributed by atoms with van der Waals surface area (Å²) in [5, 5.41) is 28.8. The molecular weight excluding hydrogens is 260 g/mol. The first-order valence-corrected chi connectivity index (χ1v) is 7.15. The Morgan fingerprint density at radius 3 is 2.70 bits per heavy atom. The highest BCUT2D eigenvalue weighted by atomic mass is 16.6. The summed E-state index contributed by atoms with van der Waals surface area (Å²) in [6.45, 7) is 4.59. The average Bonchev–Trinajstić information content (AvgIpc) is 2.92. The molecule has 0 aliphatic heterocycles. The molecule has 0 spiro atoms. The molecule has 0 saturated heterocycles. The second kappa shape index (κ2) is 5.78. The number of aryl methyl sites for hydroxylation is 2. The van der Waals surface area contributed by atoms with Crippen LogP contribution >= 0.6 is 0 Å². The Balaban J connectivity index is 2.21. The Hall–Kier alpha value is -1.63. The van der Waals surface area contributed by atoms with Crippen LogP contribution in [0.2, 0.25) is 0 Å². The minimum absolute atomic E-state index is 0.0139. The highest BCUT2D eigenvalue weighted by Gasteiger charge is 2.33. The van der Waals surface area contributed by atoms with Crippen molar-refractivity contribution in [1.82, 2.24) is 9.78 Å². The zero-order chi connectivity index (χ0) is 14.8. The highest BCUT2D eigenvalue weighted by molar-refractivity contribution is 5.59. The fourth-order valence-corrected chi connectivity index (χ4v) is 2.80. The van der Waals surface area contributed by atoms with E-state index in [0.29, 0.717) is 24.6 Å². The van der Waals surface area contributed by atoms with Crippen molar-refractivity contribution in [2.45, 2.75) is 58.1 Å². The molecule has 7 nitrogen and oxygen atoms in total. The van der Waals surface area contributed by atoms with Gasteiger partial charge in [0.05, 0.1) is 10.5 Å². The van der Waals surface area contributed by atoms with Crippen LogP contribution in [0.25, 0.3) is 0 Å². The van der Waals surface area contributed by atoms with Gasteiger partial charge in [0.1, 0.15) is 5.69 Å². The predicted octanol–water partition coefficient (Wildman–Crippen LogP) is 2.23. The van der Waals surface area contributed by atoms with Gasteiger partial charge in [0.15, 0.2) is 0 Å². The van der Waals surface area contributed by atoms with Crippen LogP contribution in [-0.2, 0) is 6.54 Å². The summed E-state index contributed by atoms with van der Waals surface area (Å²) in [5.41, 5.74) is -0.326. The molecule has 20 heavy (non-hydrogen) atoms. The van der Waals surface area contributed by atoms with Crippen LogP contribution in [0.4, 0.5) is 11.5 Å². The van der Waals surface area contributed by atoms with E-state index in [1.807, 2.05) is 6.92 Å². The van der Waals surface area contributed by atoms with E-state index < -0.39 is 10.5 Å². The van der Waals surface area contributed by atoms with Crippen molar-refractivity contribution < 1.29 is 10.0 Å². The topological polar surface area (TPSA) is 93.2 Å². The second-order valence-corrected chi connectivity index (χ2v) is 5.55. The average molecular weight is 282 g/mol. The number of nitrogens with zero attached hydrogens (tertiary/aromatic N) is 3. The molecule has 1 aliphatic rings. The third kappa shape index (κ3) is 2.92. The van der Waals surface area contributed by atoms with Gasteiger partial charge < -0.3 is 10.4 Å². The molecule has 1 saturated carbocycles. The maximum absolute atomic E-state index is 11.2. The van der Waals surface area contributed by atoms with Crippen LogP contribution in [0.1, 0.15) is 44.7 Å². The Kier molecular flexibility index (Phi) is 4.27. The van der Waals surface area contributed by atoms with E-state index in [0.717, 1.165) is 32.1 Å². The van der Waals surface area contributed by atoms with Gasteiger partial charge in [-0.15, -0.1) is 0 Å². The Morgan fingerprint density at radius 1 is 1.50 bits per heavy atom. The van der Waals surface area contributed by atoms with E-state index in [1.165, 1.54) is 0 Å². The quantitative estimate of drug-likeness (QED) is 0.616. The van der Waals surface area contributed by atoms with E-state index in [9.17, 15) is 15.2 Å². The van der Waals surface area contributed by atoms with E-state index in [-0.39, 0.29) is 5.69 Å². The predicted molar refractivity (Wildman–Crippen MR) is 75.8 cm³/mol. The number of hydrogen-bond acceptors (Lipinski definition) is 5. The van der Waals surface area contributed by atoms with Crippen molar-refractivity contribution in [3.63, 3.8) is 0 Å². The second-order valence-electron chi connectivity index (χ2n) is 5.55. The zero-order valence-corrected chi connectivity index (χ0v) is 12.1. The van der Waals surface area contributed by atoms with Gasteiger partial charge in [0.2, 0.25) is 5.82 Å². The Morgan fingerprint density at radius 2 is 2.15 bits per heavy atom. The first-order chi connectivity index (χ1) is 9.47. The fraction of sp³-hybridized carbons (Fsp3) is 0.769. The van der Waals surface area contributed by atoms with E-state index in [1.54, 1.807) is 11.6 Å². The molecular formula is C13H22N4O3. The lowest BCUT2D eigenvalue weighted by Crippen LogP contribution is -2.34. The van der Waals surface area contributed by atoms with Crippen molar-refractivity contribution in [2.75, 3.05) is 11.9 Å². The van der Waals surface area contributed by atoms with Crippen LogP contribution < -0.4 is 5.32 Å². The van der Waals surface area contributed by atoms with Crippen LogP contribution in [0.3, 0.4) is 0 Å². The normalized spacial score (nSPS) is 17.4. The summed E-state index contributed by atoms with van der Waals surface area (Å²) in [7, 11) is 0. The summed E-state index contributed by atoms with van der Waals surface area (Å²) in [6.07, 6.45) is 4.35. The summed E-state index contributed by atoms with van der Waals surface area (Å²) >= 11 is 0. The largest absolute Gasteiger partial charge is 0.388 e. The number of hydrogen-bond donors (Lipinski definition) is 2. The third-order valence-corrected chi connectivity index (χ3v) is 3.83. The van der Waals surface area contributed by atoms with Crippen molar-refractivity contribution in [3.05, 3.63) is 15.8 Å². The van der Waals surface area contributed by atoms with E-state index in [2.05, 4.69) is 10.4 Å². The SMILES string of the molecule is CCCn1nc(C)c([N+](=O)[O-])c1NCC1(O)CCCC1. The van der Waals surface area contributed by atoms with Gasteiger partial charge >= 0.3 is 5.69 Å². The summed E-state index contributed by atoms with van der Waals surface area (Å²) < 4.78 is 1.63. The Bertz CT molecular complexity index is 492. The van der Waals surface area contributed by atoms with Crippen molar-refractivity contribution >= 4 is 11.5 Å². The number of rotatable bonds is 6. The van der Waals surface area contributed by atoms with Crippen molar-refractivity contribution in [3.8, 4) is 0 Å². The minimum atomic E-state index is -0.747. The van der Waals surface area contributed by atoms with Crippen LogP contribution in [0.5, 0.6) is 0 Å². The number of nitrogens with one attached hydrogen (secondary N) is 1. The van der Waals surface area contributed by atoms with Crippen molar-refractivity contribution in [2.24, 2.45) is 0 Å². The standard InChI is InChI=1S/C13H22N4O3/c1-3-8-16-12(11(17(19)20)10(2)15-16)14-9-13(18)6-4-5-7-13/h14,18H,3-9H2,1-2H3. The molecule has 1 aliphatic carbocycles. The van der Waals surface area contributed by atoms with Crippen LogP contribution in [-0.4, -0.2) is 32.0 Å². The molecule has 1 fully saturated rings. The number of aromatic nitrogens is 2. The van der Waals surface area contributed by atoms with Gasteiger partial charge in [-0.25, -0.2) is 4.68 Å². The minimum Gasteiger partial charge on any atom is -0.388 e. The van der Waals surface area contributed by atoms with Crippen molar-refractivity contribution in [1.29, 1.82) is 0 Å². The number of aliphatic hydroxyl groups is 1. The molecule has 7 heteroatoms. The number of nitro groups is 1. The molecule has 1 heterocycles. The fourth-order valence-electron chi connectivity index (χ4n) is 2.80. The Labute approximate surface area is 118 Å². The molecule has 0 bridgehead atoms. The summed E-state index contributed by atoms with van der Waals surface area (Å²) in [5.74, 6) is 0.412. The van der Waals surface area contributed by atoms with Gasteiger partial charge in [-0.05, 0) is 26.2 Å². The van der Waals surface area contributed by atoms with Gasteiger partial charge in [-0.3, -0.25) is 10.1 Å². The van der Waals surface area contributed by atoms with Crippen LogP contribution in [0, 0.1) is 17.0 Å². The smallest absolute Gasteiger partial charge is 0.333 e. The first-order valence-electron chi connectivity index (χ1n) is 7.15. The maximum Gasteiger partial charge on any atom is 0.333 e. The molecule has 1 aromatic heterocycles. The van der Waals surface area contributed by atoms with Gasteiger partial charge in [-0.1, -0.05) is 19.8 Å². The number of anilines is 1. The molecule has 0 aromatic carbocycles. The molecule has 0 atom stereocenters. The monoisotopic (exact) mass is 282 g/mol. The van der Waals surface area contributed by atoms with Gasteiger partial charge in [0, 0.05) is 13.1 Å². The lowest BCUT2D eigenvalue weighted by molar-refractivity contribution is -0.384. The maximum atomic E-state index is 11.2. The summed E-state index contributed by atoms with van der Waals surface area (Å²) in [4.78, 5) is 10.8. The van der Waals surface area contributed by atoms with E-state index >= 15 is 0 Å². The third-order valence-electron chi connectivity index (χ3n) is 3.83. The molecule has 0 unspecified atom stereocenters. The molecule has 0 amide bonds. The molecule has 0 radical (unpaired) electrons. The summed E-state index contributed by atoms with van der Waals surface area (Å²) in [6, 6.07) is 0. The highest BCUT2D eigenvalue weighted by Crippen LogP contribution is 2.32. The van der Waals surface area contributed by atoms with Gasteiger partial charge in [-0.2, -0.15) is 5.10 Å². The molecule has 2 N–H and O–H groups in total. The molecule has 2 rings (SSSR count). The van der Waals surface area contributed by atoms with Gasteiger partial charge in [0.25, 0.3) is 0 Å².